The van der Waals surface area contributed by atoms with E-state index in [4.69, 9.17) is 9.26 Å². The largest absolute Gasteiger partial charge is 0.488 e. The van der Waals surface area contributed by atoms with E-state index in [0.29, 0.717) is 23.7 Å². The van der Waals surface area contributed by atoms with Crippen molar-refractivity contribution in [1.29, 1.82) is 0 Å². The van der Waals surface area contributed by atoms with Crippen molar-refractivity contribution in [3.63, 3.8) is 0 Å². The maximum atomic E-state index is 12.7. The van der Waals surface area contributed by atoms with Crippen LogP contribution in [0.3, 0.4) is 0 Å². The Morgan fingerprint density at radius 2 is 2.08 bits per heavy atom. The first-order valence-corrected chi connectivity index (χ1v) is 8.39. The molecule has 0 bridgehead atoms. The van der Waals surface area contributed by atoms with E-state index in [1.165, 1.54) is 0 Å². The van der Waals surface area contributed by atoms with Gasteiger partial charge >= 0.3 is 0 Å². The van der Waals surface area contributed by atoms with Crippen molar-refractivity contribution >= 4 is 5.91 Å². The van der Waals surface area contributed by atoms with E-state index in [1.807, 2.05) is 52.2 Å². The van der Waals surface area contributed by atoms with Crippen LogP contribution in [0, 0.1) is 13.8 Å². The smallest absolute Gasteiger partial charge is 0.255 e. The van der Waals surface area contributed by atoms with Crippen molar-refractivity contribution in [2.75, 3.05) is 0 Å². The summed E-state index contributed by atoms with van der Waals surface area (Å²) in [6.45, 7) is 5.89. The molecular formula is C19H22N4O3. The molecule has 136 valence electrons. The summed E-state index contributed by atoms with van der Waals surface area (Å²) in [7, 11) is 1.84. The first kappa shape index (κ1) is 17.7. The van der Waals surface area contributed by atoms with Crippen LogP contribution in [0.4, 0.5) is 0 Å². The minimum Gasteiger partial charge on any atom is -0.488 e. The Labute approximate surface area is 151 Å². The lowest BCUT2D eigenvalue weighted by atomic mass is 10.1. The van der Waals surface area contributed by atoms with Crippen LogP contribution in [0.2, 0.25) is 0 Å². The highest BCUT2D eigenvalue weighted by Crippen LogP contribution is 2.22. The number of hydrogen-bond acceptors (Lipinski definition) is 5. The number of hydrogen-bond donors (Lipinski definition) is 1. The van der Waals surface area contributed by atoms with Gasteiger partial charge in [0.25, 0.3) is 5.91 Å². The summed E-state index contributed by atoms with van der Waals surface area (Å²) < 4.78 is 12.7. The standard InChI is InChI=1S/C19H22N4O3/c1-12-16(14(3)26-22-12)11-25-18-8-6-5-7-15(18)19(24)20-13(2)17-9-10-23(4)21-17/h5-10,13H,11H2,1-4H3,(H,20,24). The molecule has 0 aliphatic rings. The van der Waals surface area contributed by atoms with E-state index < -0.39 is 0 Å². The number of ether oxygens (including phenoxy) is 1. The number of aromatic nitrogens is 3. The van der Waals surface area contributed by atoms with E-state index in [-0.39, 0.29) is 11.9 Å². The molecule has 1 atom stereocenters. The molecule has 2 heterocycles. The van der Waals surface area contributed by atoms with Crippen molar-refractivity contribution in [2.24, 2.45) is 7.05 Å². The molecule has 0 spiro atoms. The number of rotatable bonds is 6. The highest BCUT2D eigenvalue weighted by molar-refractivity contribution is 5.97. The molecule has 0 radical (unpaired) electrons. The molecule has 1 N–H and O–H groups in total. The fourth-order valence-corrected chi connectivity index (χ4v) is 2.65. The van der Waals surface area contributed by atoms with Crippen LogP contribution < -0.4 is 10.1 Å². The Bertz CT molecular complexity index is 894. The Morgan fingerprint density at radius 1 is 1.31 bits per heavy atom. The zero-order chi connectivity index (χ0) is 18.7. The van der Waals surface area contributed by atoms with E-state index in [2.05, 4.69) is 15.6 Å². The van der Waals surface area contributed by atoms with Crippen LogP contribution in [-0.4, -0.2) is 20.8 Å². The van der Waals surface area contributed by atoms with Crippen LogP contribution in [0.1, 0.15) is 46.0 Å². The van der Waals surface area contributed by atoms with Crippen LogP contribution >= 0.6 is 0 Å². The van der Waals surface area contributed by atoms with Gasteiger partial charge < -0.3 is 14.6 Å². The Balaban J connectivity index is 1.73. The van der Waals surface area contributed by atoms with E-state index in [9.17, 15) is 4.79 Å². The number of carbonyl (C=O) groups excluding carboxylic acids is 1. The molecule has 7 nitrogen and oxygen atoms in total. The molecule has 0 fully saturated rings. The predicted molar refractivity (Wildman–Crippen MR) is 95.8 cm³/mol. The number of carbonyl (C=O) groups is 1. The summed E-state index contributed by atoms with van der Waals surface area (Å²) >= 11 is 0. The summed E-state index contributed by atoms with van der Waals surface area (Å²) in [6.07, 6.45) is 1.85. The molecule has 3 aromatic rings. The first-order valence-electron chi connectivity index (χ1n) is 8.39. The molecular weight excluding hydrogens is 332 g/mol. The number of benzene rings is 1. The van der Waals surface area contributed by atoms with Gasteiger partial charge in [0.1, 0.15) is 18.1 Å². The molecule has 1 aromatic carbocycles. The summed E-state index contributed by atoms with van der Waals surface area (Å²) in [4.78, 5) is 12.7. The van der Waals surface area contributed by atoms with Gasteiger partial charge in [-0.3, -0.25) is 9.48 Å². The van der Waals surface area contributed by atoms with Gasteiger partial charge in [0.2, 0.25) is 0 Å². The van der Waals surface area contributed by atoms with Gasteiger partial charge in [-0.1, -0.05) is 17.3 Å². The maximum Gasteiger partial charge on any atom is 0.255 e. The number of amides is 1. The van der Waals surface area contributed by atoms with Crippen molar-refractivity contribution in [2.45, 2.75) is 33.4 Å². The van der Waals surface area contributed by atoms with Gasteiger partial charge in [-0.05, 0) is 39.0 Å². The van der Waals surface area contributed by atoms with Gasteiger partial charge in [0, 0.05) is 13.2 Å². The average molecular weight is 354 g/mol. The molecule has 1 unspecified atom stereocenters. The molecule has 0 aliphatic carbocycles. The maximum absolute atomic E-state index is 12.7. The van der Waals surface area contributed by atoms with Crippen molar-refractivity contribution < 1.29 is 14.1 Å². The number of aryl methyl sites for hydroxylation is 3. The van der Waals surface area contributed by atoms with Crippen molar-refractivity contribution in [3.8, 4) is 5.75 Å². The molecule has 0 saturated heterocycles. The van der Waals surface area contributed by atoms with E-state index >= 15 is 0 Å². The molecule has 26 heavy (non-hydrogen) atoms. The second-order valence-electron chi connectivity index (χ2n) is 6.20. The number of nitrogens with one attached hydrogen (secondary N) is 1. The lowest BCUT2D eigenvalue weighted by molar-refractivity contribution is 0.0934. The zero-order valence-corrected chi connectivity index (χ0v) is 15.3. The molecule has 7 heteroatoms. The van der Waals surface area contributed by atoms with Crippen LogP contribution in [0.25, 0.3) is 0 Å². The third kappa shape index (κ3) is 3.77. The second-order valence-corrected chi connectivity index (χ2v) is 6.20. The monoisotopic (exact) mass is 354 g/mol. The first-order chi connectivity index (χ1) is 12.5. The predicted octanol–water partition coefficient (Wildman–Crippen LogP) is 3.09. The molecule has 3 rings (SSSR count). The number of nitrogens with zero attached hydrogens (tertiary/aromatic N) is 3. The molecule has 1 amide bonds. The third-order valence-corrected chi connectivity index (χ3v) is 4.21. The van der Waals surface area contributed by atoms with E-state index in [1.54, 1.807) is 16.8 Å². The molecule has 0 saturated carbocycles. The van der Waals surface area contributed by atoms with Gasteiger partial charge in [0.15, 0.2) is 0 Å². The fourth-order valence-electron chi connectivity index (χ4n) is 2.65. The Morgan fingerprint density at radius 3 is 2.73 bits per heavy atom. The van der Waals surface area contributed by atoms with Gasteiger partial charge in [-0.25, -0.2) is 0 Å². The topological polar surface area (TPSA) is 82.2 Å². The lowest BCUT2D eigenvalue weighted by Crippen LogP contribution is -2.27. The van der Waals surface area contributed by atoms with Crippen LogP contribution in [0.5, 0.6) is 5.75 Å². The minimum atomic E-state index is -0.211. The quantitative estimate of drug-likeness (QED) is 0.735. The summed E-state index contributed by atoms with van der Waals surface area (Å²) in [6, 6.07) is 8.83. The summed E-state index contributed by atoms with van der Waals surface area (Å²) in [5, 5.41) is 11.2. The summed E-state index contributed by atoms with van der Waals surface area (Å²) in [5.74, 6) is 1.02. The zero-order valence-electron chi connectivity index (χ0n) is 15.3. The highest BCUT2D eigenvalue weighted by atomic mass is 16.5. The van der Waals surface area contributed by atoms with Gasteiger partial charge in [-0.15, -0.1) is 0 Å². The average Bonchev–Trinajstić information content (AvgIpc) is 3.19. The molecule has 2 aromatic heterocycles. The summed E-state index contributed by atoms with van der Waals surface area (Å²) in [5.41, 5.74) is 2.95. The lowest BCUT2D eigenvalue weighted by Gasteiger charge is -2.14. The Kier molecular flexibility index (Phi) is 5.06. The second kappa shape index (κ2) is 7.43. The number of para-hydroxylation sites is 1. The SMILES string of the molecule is Cc1noc(C)c1COc1ccccc1C(=O)NC(C)c1ccn(C)n1. The van der Waals surface area contributed by atoms with Gasteiger partial charge in [0.05, 0.1) is 28.6 Å². The highest BCUT2D eigenvalue weighted by Gasteiger charge is 2.18. The van der Waals surface area contributed by atoms with Crippen molar-refractivity contribution in [1.82, 2.24) is 20.3 Å². The minimum absolute atomic E-state index is 0.209. The van der Waals surface area contributed by atoms with Crippen LogP contribution in [-0.2, 0) is 13.7 Å². The molecule has 0 aliphatic heterocycles. The van der Waals surface area contributed by atoms with Crippen molar-refractivity contribution in [3.05, 3.63) is 64.8 Å². The normalized spacial score (nSPS) is 12.0. The van der Waals surface area contributed by atoms with Gasteiger partial charge in [-0.2, -0.15) is 5.10 Å². The Hall–Kier alpha value is -3.09. The fraction of sp³-hybridized carbons (Fsp3) is 0.316. The third-order valence-electron chi connectivity index (χ3n) is 4.21. The van der Waals surface area contributed by atoms with E-state index in [0.717, 1.165) is 17.0 Å². The van der Waals surface area contributed by atoms with Crippen LogP contribution in [0.15, 0.2) is 41.1 Å².